The number of piperazine rings is 1. The van der Waals surface area contributed by atoms with E-state index < -0.39 is 4.92 Å². The van der Waals surface area contributed by atoms with E-state index in [0.29, 0.717) is 11.8 Å². The fourth-order valence-electron chi connectivity index (χ4n) is 2.81. The summed E-state index contributed by atoms with van der Waals surface area (Å²) in [5.41, 5.74) is -0.160. The molecule has 0 aromatic carbocycles. The van der Waals surface area contributed by atoms with Gasteiger partial charge >= 0.3 is 11.6 Å². The average molecular weight is 366 g/mol. The van der Waals surface area contributed by atoms with E-state index >= 15 is 0 Å². The highest BCUT2D eigenvalue weighted by molar-refractivity contribution is 7.99. The van der Waals surface area contributed by atoms with E-state index in [-0.39, 0.29) is 18.2 Å². The van der Waals surface area contributed by atoms with Crippen molar-refractivity contribution in [3.8, 4) is 5.88 Å². The summed E-state index contributed by atoms with van der Waals surface area (Å²) in [5.74, 6) is 2.70. The smallest absolute Gasteiger partial charge is 0.373 e. The van der Waals surface area contributed by atoms with E-state index in [1.165, 1.54) is 0 Å². The van der Waals surface area contributed by atoms with E-state index in [1.54, 1.807) is 6.08 Å². The van der Waals surface area contributed by atoms with E-state index in [0.717, 1.165) is 50.8 Å². The molecule has 3 rings (SSSR count). The summed E-state index contributed by atoms with van der Waals surface area (Å²) in [7, 11) is 0. The normalized spacial score (nSPS) is 18.1. The minimum atomic E-state index is -0.447. The second-order valence-electron chi connectivity index (χ2n) is 5.69. The van der Waals surface area contributed by atoms with Gasteiger partial charge < -0.3 is 19.9 Å². The molecule has 25 heavy (non-hydrogen) atoms. The largest absolute Gasteiger partial charge is 0.468 e. The predicted octanol–water partition coefficient (Wildman–Crippen LogP) is 0.912. The molecule has 136 valence electrons. The summed E-state index contributed by atoms with van der Waals surface area (Å²) in [4.78, 5) is 24.2. The lowest BCUT2D eigenvalue weighted by Crippen LogP contribution is -2.44. The maximum absolute atomic E-state index is 11.7. The molecule has 0 spiro atoms. The Hall–Kier alpha value is -2.07. The molecular weight excluding hydrogens is 344 g/mol. The Balaban J connectivity index is 2.03. The number of rotatable bonds is 6. The third kappa shape index (κ3) is 4.13. The number of thioether (sulfide) groups is 1. The Labute approximate surface area is 150 Å². The molecule has 9 nitrogen and oxygen atoms in total. The summed E-state index contributed by atoms with van der Waals surface area (Å²) < 4.78 is 5.53. The van der Waals surface area contributed by atoms with Gasteiger partial charge in [0.25, 0.3) is 0 Å². The molecule has 0 bridgehead atoms. The van der Waals surface area contributed by atoms with Crippen molar-refractivity contribution < 1.29 is 9.66 Å². The number of anilines is 2. The zero-order chi connectivity index (χ0) is 17.6. The first-order valence-electron chi connectivity index (χ1n) is 8.29. The molecule has 0 unspecified atom stereocenters. The standard InChI is InChI=1S/C15H22N6O3S/c1-2-9-24-14-12(21(22)23)13(19-7-10-25-11-8-19)17-15(18-14)20-5-3-16-4-6-20/h2,16H,1,3-11H2. The minimum Gasteiger partial charge on any atom is -0.468 e. The van der Waals surface area contributed by atoms with Crippen molar-refractivity contribution in [1.82, 2.24) is 15.3 Å². The van der Waals surface area contributed by atoms with Crippen molar-refractivity contribution in [3.05, 3.63) is 22.8 Å². The zero-order valence-corrected chi connectivity index (χ0v) is 14.8. The molecular formula is C15H22N6O3S. The quantitative estimate of drug-likeness (QED) is 0.447. The number of aromatic nitrogens is 2. The Morgan fingerprint density at radius 3 is 2.60 bits per heavy atom. The maximum Gasteiger partial charge on any atom is 0.373 e. The molecule has 3 heterocycles. The second-order valence-corrected chi connectivity index (χ2v) is 6.92. The Morgan fingerprint density at radius 1 is 1.24 bits per heavy atom. The lowest BCUT2D eigenvalue weighted by atomic mass is 10.3. The maximum atomic E-state index is 11.7. The molecule has 0 saturated carbocycles. The second kappa shape index (κ2) is 8.34. The lowest BCUT2D eigenvalue weighted by molar-refractivity contribution is -0.385. The van der Waals surface area contributed by atoms with E-state index in [9.17, 15) is 10.1 Å². The molecule has 0 atom stereocenters. The highest BCUT2D eigenvalue weighted by Gasteiger charge is 2.32. The first-order chi connectivity index (χ1) is 12.2. The number of nitrogens with zero attached hydrogens (tertiary/aromatic N) is 5. The fourth-order valence-corrected chi connectivity index (χ4v) is 3.72. The third-order valence-electron chi connectivity index (χ3n) is 4.05. The van der Waals surface area contributed by atoms with Gasteiger partial charge in [0.05, 0.1) is 4.92 Å². The van der Waals surface area contributed by atoms with Crippen LogP contribution in [-0.4, -0.2) is 72.3 Å². The molecule has 10 heteroatoms. The van der Waals surface area contributed by atoms with Gasteiger partial charge in [-0.25, -0.2) is 0 Å². The van der Waals surface area contributed by atoms with Gasteiger partial charge in [0.1, 0.15) is 6.61 Å². The minimum absolute atomic E-state index is 0.0154. The summed E-state index contributed by atoms with van der Waals surface area (Å²) in [5, 5.41) is 15.0. The van der Waals surface area contributed by atoms with E-state index in [4.69, 9.17) is 4.74 Å². The molecule has 0 aliphatic carbocycles. The van der Waals surface area contributed by atoms with Crippen LogP contribution in [0.4, 0.5) is 17.5 Å². The van der Waals surface area contributed by atoms with Crippen LogP contribution in [0.25, 0.3) is 0 Å². The number of nitro groups is 1. The Kier molecular flexibility index (Phi) is 5.92. The Morgan fingerprint density at radius 2 is 1.96 bits per heavy atom. The third-order valence-corrected chi connectivity index (χ3v) is 5.00. The molecule has 0 amide bonds. The van der Waals surface area contributed by atoms with Crippen molar-refractivity contribution >= 4 is 29.2 Å². The highest BCUT2D eigenvalue weighted by Crippen LogP contribution is 2.37. The SMILES string of the molecule is C=CCOc1nc(N2CCNCC2)nc(N2CCSCC2)c1[N+](=O)[O-]. The van der Waals surface area contributed by atoms with Gasteiger partial charge in [0, 0.05) is 50.8 Å². The van der Waals surface area contributed by atoms with Crippen LogP contribution in [0.1, 0.15) is 0 Å². The molecule has 2 aliphatic heterocycles. The van der Waals surface area contributed by atoms with Crippen LogP contribution >= 0.6 is 11.8 Å². The molecule has 1 N–H and O–H groups in total. The van der Waals surface area contributed by atoms with Gasteiger partial charge in [-0.2, -0.15) is 21.7 Å². The van der Waals surface area contributed by atoms with E-state index in [2.05, 4.69) is 21.9 Å². The van der Waals surface area contributed by atoms with Crippen molar-refractivity contribution in [2.45, 2.75) is 0 Å². The van der Waals surface area contributed by atoms with Crippen LogP contribution in [0, 0.1) is 10.1 Å². The number of ether oxygens (including phenoxy) is 1. The monoisotopic (exact) mass is 366 g/mol. The summed E-state index contributed by atoms with van der Waals surface area (Å²) in [6, 6.07) is 0. The van der Waals surface area contributed by atoms with Gasteiger partial charge in [0.15, 0.2) is 0 Å². The highest BCUT2D eigenvalue weighted by atomic mass is 32.2. The Bertz CT molecular complexity index is 632. The molecule has 1 aromatic heterocycles. The van der Waals surface area contributed by atoms with Crippen LogP contribution in [0.15, 0.2) is 12.7 Å². The first-order valence-corrected chi connectivity index (χ1v) is 9.44. The number of hydrogen-bond acceptors (Lipinski definition) is 9. The van der Waals surface area contributed by atoms with E-state index in [1.807, 2.05) is 21.6 Å². The van der Waals surface area contributed by atoms with Crippen molar-refractivity contribution in [1.29, 1.82) is 0 Å². The number of hydrogen-bond donors (Lipinski definition) is 1. The molecule has 2 fully saturated rings. The van der Waals surface area contributed by atoms with Crippen molar-refractivity contribution in [2.75, 3.05) is 67.2 Å². The molecule has 2 aliphatic rings. The van der Waals surface area contributed by atoms with Gasteiger partial charge in [-0.05, 0) is 0 Å². The van der Waals surface area contributed by atoms with Crippen molar-refractivity contribution in [3.63, 3.8) is 0 Å². The molecule has 1 aromatic rings. The zero-order valence-electron chi connectivity index (χ0n) is 14.0. The number of nitrogens with one attached hydrogen (secondary N) is 1. The van der Waals surface area contributed by atoms with Crippen LogP contribution in [0.3, 0.4) is 0 Å². The van der Waals surface area contributed by atoms with Gasteiger partial charge in [0.2, 0.25) is 11.8 Å². The fraction of sp³-hybridized carbons (Fsp3) is 0.600. The first kappa shape index (κ1) is 17.7. The van der Waals surface area contributed by atoms with Crippen LogP contribution in [0.2, 0.25) is 0 Å². The van der Waals surface area contributed by atoms with Gasteiger partial charge in [-0.3, -0.25) is 10.1 Å². The molecule has 0 radical (unpaired) electrons. The summed E-state index contributed by atoms with van der Waals surface area (Å²) in [6.07, 6.45) is 1.55. The summed E-state index contributed by atoms with van der Waals surface area (Å²) >= 11 is 1.84. The average Bonchev–Trinajstić information content (AvgIpc) is 2.66. The van der Waals surface area contributed by atoms with Crippen LogP contribution in [0.5, 0.6) is 5.88 Å². The van der Waals surface area contributed by atoms with Crippen molar-refractivity contribution in [2.24, 2.45) is 0 Å². The topological polar surface area (TPSA) is 96.7 Å². The predicted molar refractivity (Wildman–Crippen MR) is 99.0 cm³/mol. The summed E-state index contributed by atoms with van der Waals surface area (Å²) in [6.45, 7) is 8.40. The van der Waals surface area contributed by atoms with Gasteiger partial charge in [-0.1, -0.05) is 12.7 Å². The van der Waals surface area contributed by atoms with Crippen LogP contribution in [-0.2, 0) is 0 Å². The molecule has 2 saturated heterocycles. The van der Waals surface area contributed by atoms with Gasteiger partial charge in [-0.15, -0.1) is 0 Å². The van der Waals surface area contributed by atoms with Crippen LogP contribution < -0.4 is 19.9 Å². The lowest BCUT2D eigenvalue weighted by Gasteiger charge is -2.30.